The van der Waals surface area contributed by atoms with Crippen LogP contribution in [0.15, 0.2) is 36.5 Å². The number of pyridine rings is 1. The zero-order chi connectivity index (χ0) is 15.3. The Morgan fingerprint density at radius 2 is 2.24 bits per heavy atom. The number of hydrogen-bond donors (Lipinski definition) is 1. The fourth-order valence-electron chi connectivity index (χ4n) is 1.54. The number of amides is 1. The van der Waals surface area contributed by atoms with Gasteiger partial charge >= 0.3 is 5.97 Å². The minimum atomic E-state index is -0.350. The van der Waals surface area contributed by atoms with Crippen molar-refractivity contribution >= 4 is 11.9 Å². The molecule has 0 spiro atoms. The van der Waals surface area contributed by atoms with Crippen molar-refractivity contribution in [1.82, 2.24) is 10.3 Å². The van der Waals surface area contributed by atoms with E-state index in [4.69, 9.17) is 4.74 Å². The first kappa shape index (κ1) is 16.9. The summed E-state index contributed by atoms with van der Waals surface area (Å²) in [5, 5.41) is 2.78. The number of ether oxygens (including phenoxy) is 1. The van der Waals surface area contributed by atoms with Gasteiger partial charge in [0.2, 0.25) is 5.91 Å². The molecule has 5 nitrogen and oxygen atoms in total. The third-order valence-corrected chi connectivity index (χ3v) is 2.73. The molecule has 5 heteroatoms. The zero-order valence-electron chi connectivity index (χ0n) is 12.4. The van der Waals surface area contributed by atoms with Gasteiger partial charge in [0, 0.05) is 18.7 Å². The first-order valence-electron chi connectivity index (χ1n) is 7.22. The maximum Gasteiger partial charge on any atom is 0.330 e. The molecular formula is C16H22N2O3. The van der Waals surface area contributed by atoms with Crippen molar-refractivity contribution in [2.75, 3.05) is 6.61 Å². The molecule has 0 aliphatic heterocycles. The van der Waals surface area contributed by atoms with Crippen LogP contribution in [0.2, 0.25) is 0 Å². The van der Waals surface area contributed by atoms with Crippen LogP contribution in [0.5, 0.6) is 0 Å². The van der Waals surface area contributed by atoms with Gasteiger partial charge in [0.15, 0.2) is 0 Å². The van der Waals surface area contributed by atoms with E-state index in [9.17, 15) is 9.59 Å². The Hall–Kier alpha value is -2.17. The predicted molar refractivity (Wildman–Crippen MR) is 80.3 cm³/mol. The van der Waals surface area contributed by atoms with Crippen LogP contribution in [0.25, 0.3) is 0 Å². The summed E-state index contributed by atoms with van der Waals surface area (Å²) in [5.41, 5.74) is 0.820. The van der Waals surface area contributed by atoms with Crippen molar-refractivity contribution in [3.63, 3.8) is 0 Å². The fourth-order valence-corrected chi connectivity index (χ4v) is 1.54. The summed E-state index contributed by atoms with van der Waals surface area (Å²) in [7, 11) is 0. The summed E-state index contributed by atoms with van der Waals surface area (Å²) in [4.78, 5) is 27.0. The van der Waals surface area contributed by atoms with Crippen molar-refractivity contribution in [2.45, 2.75) is 39.2 Å². The Morgan fingerprint density at radius 3 is 2.95 bits per heavy atom. The molecule has 114 valence electrons. The summed E-state index contributed by atoms with van der Waals surface area (Å²) >= 11 is 0. The van der Waals surface area contributed by atoms with Crippen LogP contribution in [0, 0.1) is 0 Å². The zero-order valence-corrected chi connectivity index (χ0v) is 12.4. The van der Waals surface area contributed by atoms with Crippen LogP contribution in [0.1, 0.15) is 38.3 Å². The van der Waals surface area contributed by atoms with Crippen LogP contribution in [0.3, 0.4) is 0 Å². The highest BCUT2D eigenvalue weighted by Gasteiger charge is 2.01. The Balaban J connectivity index is 2.11. The summed E-state index contributed by atoms with van der Waals surface area (Å²) in [6, 6.07) is 5.56. The van der Waals surface area contributed by atoms with Crippen LogP contribution in [-0.4, -0.2) is 23.5 Å². The summed E-state index contributed by atoms with van der Waals surface area (Å²) in [6.07, 6.45) is 7.44. The quantitative estimate of drug-likeness (QED) is 0.431. The van der Waals surface area contributed by atoms with Gasteiger partial charge in [0.05, 0.1) is 18.8 Å². The van der Waals surface area contributed by atoms with Crippen molar-refractivity contribution in [1.29, 1.82) is 0 Å². The van der Waals surface area contributed by atoms with E-state index >= 15 is 0 Å². The lowest BCUT2D eigenvalue weighted by molar-refractivity contribution is -0.137. The average molecular weight is 290 g/mol. The van der Waals surface area contributed by atoms with Gasteiger partial charge in [-0.2, -0.15) is 0 Å². The molecule has 0 bridgehead atoms. The maximum absolute atomic E-state index is 11.6. The third-order valence-electron chi connectivity index (χ3n) is 2.73. The normalized spacial score (nSPS) is 10.5. The predicted octanol–water partition coefficient (Wildman–Crippen LogP) is 2.38. The van der Waals surface area contributed by atoms with Gasteiger partial charge < -0.3 is 10.1 Å². The van der Waals surface area contributed by atoms with Gasteiger partial charge in [0.1, 0.15) is 0 Å². The van der Waals surface area contributed by atoms with E-state index in [1.807, 2.05) is 25.1 Å². The van der Waals surface area contributed by atoms with E-state index in [-0.39, 0.29) is 11.9 Å². The molecule has 0 aliphatic rings. The summed E-state index contributed by atoms with van der Waals surface area (Å²) in [5.74, 6) is -0.415. The van der Waals surface area contributed by atoms with E-state index in [1.54, 1.807) is 12.3 Å². The largest absolute Gasteiger partial charge is 0.463 e. The number of nitrogens with zero attached hydrogens (tertiary/aromatic N) is 1. The van der Waals surface area contributed by atoms with Gasteiger partial charge in [-0.05, 0) is 25.0 Å². The molecule has 0 saturated carbocycles. The minimum Gasteiger partial charge on any atom is -0.463 e. The van der Waals surface area contributed by atoms with Gasteiger partial charge in [-0.15, -0.1) is 0 Å². The van der Waals surface area contributed by atoms with Crippen LogP contribution < -0.4 is 5.32 Å². The summed E-state index contributed by atoms with van der Waals surface area (Å²) in [6.45, 7) is 2.90. The highest BCUT2D eigenvalue weighted by molar-refractivity contribution is 5.82. The lowest BCUT2D eigenvalue weighted by Crippen LogP contribution is -2.22. The molecule has 1 N–H and O–H groups in total. The SMILES string of the molecule is CCCCOC(=O)/C=C/CCC(=O)NCc1ccccn1. The molecule has 0 saturated heterocycles. The molecular weight excluding hydrogens is 268 g/mol. The molecule has 1 heterocycles. The van der Waals surface area contributed by atoms with Gasteiger partial charge in [-0.3, -0.25) is 9.78 Å². The molecule has 1 aromatic rings. The Bertz CT molecular complexity index is 458. The van der Waals surface area contributed by atoms with Crippen molar-refractivity contribution in [2.24, 2.45) is 0 Å². The first-order chi connectivity index (χ1) is 10.2. The van der Waals surface area contributed by atoms with E-state index in [1.165, 1.54) is 6.08 Å². The van der Waals surface area contributed by atoms with E-state index in [2.05, 4.69) is 10.3 Å². The third kappa shape index (κ3) is 8.57. The molecule has 0 atom stereocenters. The molecule has 1 amide bonds. The molecule has 0 radical (unpaired) electrons. The second kappa shape index (κ2) is 10.6. The van der Waals surface area contributed by atoms with Gasteiger partial charge in [-0.25, -0.2) is 4.79 Å². The van der Waals surface area contributed by atoms with Crippen LogP contribution >= 0.6 is 0 Å². The van der Waals surface area contributed by atoms with Gasteiger partial charge in [-0.1, -0.05) is 25.5 Å². The van der Waals surface area contributed by atoms with Crippen LogP contribution in [0.4, 0.5) is 0 Å². The molecule has 0 fully saturated rings. The highest BCUT2D eigenvalue weighted by atomic mass is 16.5. The highest BCUT2D eigenvalue weighted by Crippen LogP contribution is 1.96. The lowest BCUT2D eigenvalue weighted by Gasteiger charge is -2.03. The number of rotatable bonds is 9. The molecule has 0 unspecified atom stereocenters. The monoisotopic (exact) mass is 290 g/mol. The first-order valence-corrected chi connectivity index (χ1v) is 7.22. The second-order valence-corrected chi connectivity index (χ2v) is 4.56. The number of hydrogen-bond acceptors (Lipinski definition) is 4. The van der Waals surface area contributed by atoms with E-state index in [0.717, 1.165) is 18.5 Å². The standard InChI is InChI=1S/C16H22N2O3/c1-2-3-12-21-16(20)10-5-4-9-15(19)18-13-14-8-6-7-11-17-14/h5-8,10-11H,2-4,9,12-13H2,1H3,(H,18,19)/b10-5+. The number of unbranched alkanes of at least 4 members (excludes halogenated alkanes) is 1. The van der Waals surface area contributed by atoms with Crippen LogP contribution in [-0.2, 0) is 20.9 Å². The topological polar surface area (TPSA) is 68.3 Å². The summed E-state index contributed by atoms with van der Waals surface area (Å²) < 4.78 is 4.96. The number of carbonyl (C=O) groups excluding carboxylic acids is 2. The number of carbonyl (C=O) groups is 2. The average Bonchev–Trinajstić information content (AvgIpc) is 2.51. The fraction of sp³-hybridized carbons (Fsp3) is 0.438. The smallest absolute Gasteiger partial charge is 0.330 e. The number of nitrogens with one attached hydrogen (secondary N) is 1. The molecule has 21 heavy (non-hydrogen) atoms. The Morgan fingerprint density at radius 1 is 1.38 bits per heavy atom. The Labute approximate surface area is 125 Å². The Kier molecular flexibility index (Phi) is 8.52. The molecule has 0 aromatic carbocycles. The maximum atomic E-state index is 11.6. The van der Waals surface area contributed by atoms with E-state index < -0.39 is 0 Å². The minimum absolute atomic E-state index is 0.0651. The molecule has 1 rings (SSSR count). The van der Waals surface area contributed by atoms with Gasteiger partial charge in [0.25, 0.3) is 0 Å². The lowest BCUT2D eigenvalue weighted by atomic mass is 10.2. The van der Waals surface area contributed by atoms with Crippen molar-refractivity contribution in [3.8, 4) is 0 Å². The second-order valence-electron chi connectivity index (χ2n) is 4.56. The molecule has 1 aromatic heterocycles. The number of aromatic nitrogens is 1. The van der Waals surface area contributed by atoms with E-state index in [0.29, 0.717) is 26.0 Å². The number of esters is 1. The van der Waals surface area contributed by atoms with Crippen molar-refractivity contribution < 1.29 is 14.3 Å². The number of allylic oxidation sites excluding steroid dienone is 1. The van der Waals surface area contributed by atoms with Crippen molar-refractivity contribution in [3.05, 3.63) is 42.2 Å². The molecule has 0 aliphatic carbocycles.